The molecule has 1 amide bonds. The number of nitrogens with two attached hydrogens (primary N) is 1. The van der Waals surface area contributed by atoms with Gasteiger partial charge in [0.25, 0.3) is 10.0 Å². The Morgan fingerprint density at radius 2 is 1.89 bits per heavy atom. The third-order valence-corrected chi connectivity index (χ3v) is 6.54. The molecule has 1 aromatic carbocycles. The van der Waals surface area contributed by atoms with Gasteiger partial charge >= 0.3 is 0 Å². The van der Waals surface area contributed by atoms with Gasteiger partial charge in [-0.15, -0.1) is 0 Å². The molecule has 1 aliphatic heterocycles. The van der Waals surface area contributed by atoms with E-state index in [2.05, 4.69) is 15.0 Å². The molecule has 8 heteroatoms. The van der Waals surface area contributed by atoms with Crippen LogP contribution >= 0.6 is 0 Å². The monoisotopic (exact) mass is 394 g/mol. The van der Waals surface area contributed by atoms with Crippen LogP contribution in [-0.2, 0) is 14.8 Å². The van der Waals surface area contributed by atoms with Crippen LogP contribution in [0.4, 0.5) is 0 Å². The summed E-state index contributed by atoms with van der Waals surface area (Å²) in [6, 6.07) is 6.82. The first-order valence-electron chi connectivity index (χ1n) is 9.55. The molecular weight excluding hydrogens is 364 g/mol. The number of rotatable bonds is 10. The highest BCUT2D eigenvalue weighted by Gasteiger charge is 2.30. The van der Waals surface area contributed by atoms with Gasteiger partial charge in [-0.25, -0.2) is 8.42 Å². The summed E-state index contributed by atoms with van der Waals surface area (Å²) in [5, 5.41) is 3.07. The molecule has 0 saturated heterocycles. The minimum absolute atomic E-state index is 0.0351. The minimum atomic E-state index is -3.48. The van der Waals surface area contributed by atoms with Crippen molar-refractivity contribution in [3.05, 3.63) is 29.8 Å². The van der Waals surface area contributed by atoms with Crippen LogP contribution in [0.5, 0.6) is 0 Å². The number of fused-ring (bicyclic) bond motifs is 1. The third-order valence-electron chi connectivity index (χ3n) is 5.14. The fourth-order valence-corrected chi connectivity index (χ4v) is 4.39. The maximum Gasteiger partial charge on any atom is 0.263 e. The van der Waals surface area contributed by atoms with E-state index in [0.29, 0.717) is 30.9 Å². The van der Waals surface area contributed by atoms with Crippen molar-refractivity contribution in [2.24, 2.45) is 10.7 Å². The highest BCUT2D eigenvalue weighted by atomic mass is 32.2. The summed E-state index contributed by atoms with van der Waals surface area (Å²) in [7, 11) is -3.48. The second-order valence-electron chi connectivity index (χ2n) is 6.88. The van der Waals surface area contributed by atoms with Crippen molar-refractivity contribution in [1.82, 2.24) is 10.0 Å². The number of carbonyl (C=O) groups excluding carboxylic acids is 1. The van der Waals surface area contributed by atoms with Crippen molar-refractivity contribution in [2.45, 2.75) is 62.8 Å². The van der Waals surface area contributed by atoms with Crippen molar-refractivity contribution in [2.75, 3.05) is 13.1 Å². The number of carbonyl (C=O) groups is 1. The van der Waals surface area contributed by atoms with Crippen molar-refractivity contribution in [3.8, 4) is 0 Å². The molecule has 0 unspecified atom stereocenters. The van der Waals surface area contributed by atoms with E-state index in [-0.39, 0.29) is 16.3 Å². The minimum Gasteiger partial charge on any atom is -0.349 e. The molecule has 0 aromatic heterocycles. The number of benzene rings is 1. The predicted molar refractivity (Wildman–Crippen MR) is 107 cm³/mol. The first-order chi connectivity index (χ1) is 12.9. The number of aliphatic imine (C=N–C) groups is 1. The van der Waals surface area contributed by atoms with Gasteiger partial charge in [-0.05, 0) is 37.8 Å². The number of unbranched alkanes of at least 4 members (excludes halogenated alkanes) is 2. The highest BCUT2D eigenvalue weighted by molar-refractivity contribution is 7.90. The molecule has 0 saturated carbocycles. The summed E-state index contributed by atoms with van der Waals surface area (Å²) >= 11 is 0. The number of hydrogen-bond acceptors (Lipinski definition) is 5. The standard InChI is InChI=1S/C19H30N4O3S/c1-3-19(4-2,14-20)22-17(24)12-6-5-9-13-21-18-15-10-7-8-11-16(15)27(25,26)23-18/h7-8,10-11H,3-6,9,12-14,20H2,1-2H3,(H,21,23)(H,22,24). The van der Waals surface area contributed by atoms with Gasteiger partial charge in [0, 0.05) is 25.1 Å². The molecule has 0 bridgehead atoms. The van der Waals surface area contributed by atoms with Crippen LogP contribution in [0.3, 0.4) is 0 Å². The molecule has 7 nitrogen and oxygen atoms in total. The maximum atomic E-state index is 12.1. The molecule has 4 N–H and O–H groups in total. The van der Waals surface area contributed by atoms with Crippen LogP contribution in [-0.4, -0.2) is 38.8 Å². The van der Waals surface area contributed by atoms with E-state index < -0.39 is 10.0 Å². The molecule has 0 radical (unpaired) electrons. The van der Waals surface area contributed by atoms with Gasteiger partial charge < -0.3 is 11.1 Å². The zero-order valence-electron chi connectivity index (χ0n) is 16.1. The Kier molecular flexibility index (Phi) is 7.38. The van der Waals surface area contributed by atoms with Crippen LogP contribution in [0.1, 0.15) is 57.9 Å². The number of nitrogens with one attached hydrogen (secondary N) is 2. The number of hydrogen-bond donors (Lipinski definition) is 3. The highest BCUT2D eigenvalue weighted by Crippen LogP contribution is 2.22. The van der Waals surface area contributed by atoms with Crippen molar-refractivity contribution in [1.29, 1.82) is 0 Å². The maximum absolute atomic E-state index is 12.1. The largest absolute Gasteiger partial charge is 0.349 e. The molecule has 1 aliphatic rings. The molecule has 1 aromatic rings. The Labute approximate surface area is 161 Å². The number of nitrogens with zero attached hydrogens (tertiary/aromatic N) is 1. The SMILES string of the molecule is CCC(CC)(CN)NC(=O)CCCCCN=C1NS(=O)(=O)c2ccccc21. The van der Waals surface area contributed by atoms with Gasteiger partial charge in [-0.1, -0.05) is 32.4 Å². The van der Waals surface area contributed by atoms with Gasteiger partial charge in [0.2, 0.25) is 5.91 Å². The van der Waals surface area contributed by atoms with Gasteiger partial charge in [0.15, 0.2) is 0 Å². The lowest BCUT2D eigenvalue weighted by Gasteiger charge is -2.31. The summed E-state index contributed by atoms with van der Waals surface area (Å²) in [5.74, 6) is 0.440. The fraction of sp³-hybridized carbons (Fsp3) is 0.579. The Balaban J connectivity index is 1.76. The van der Waals surface area contributed by atoms with E-state index >= 15 is 0 Å². The zero-order chi connectivity index (χ0) is 19.9. The van der Waals surface area contributed by atoms with Crippen LogP contribution in [0.25, 0.3) is 0 Å². The second kappa shape index (κ2) is 9.32. The number of amidine groups is 1. The topological polar surface area (TPSA) is 114 Å². The van der Waals surface area contributed by atoms with E-state index in [9.17, 15) is 13.2 Å². The van der Waals surface area contributed by atoms with E-state index in [0.717, 1.165) is 32.1 Å². The lowest BCUT2D eigenvalue weighted by molar-refractivity contribution is -0.123. The van der Waals surface area contributed by atoms with Crippen molar-refractivity contribution < 1.29 is 13.2 Å². The Hall–Kier alpha value is -1.93. The van der Waals surface area contributed by atoms with Crippen LogP contribution in [0.15, 0.2) is 34.2 Å². The van der Waals surface area contributed by atoms with Crippen LogP contribution in [0.2, 0.25) is 0 Å². The van der Waals surface area contributed by atoms with E-state index in [1.807, 2.05) is 13.8 Å². The summed E-state index contributed by atoms with van der Waals surface area (Å²) in [6.07, 6.45) is 4.53. The Morgan fingerprint density at radius 1 is 1.19 bits per heavy atom. The summed E-state index contributed by atoms with van der Waals surface area (Å²) in [5.41, 5.74) is 6.13. The van der Waals surface area contributed by atoms with Crippen LogP contribution in [0, 0.1) is 0 Å². The first kappa shape index (κ1) is 21.4. The Morgan fingerprint density at radius 3 is 2.56 bits per heavy atom. The van der Waals surface area contributed by atoms with Gasteiger partial charge in [-0.2, -0.15) is 0 Å². The summed E-state index contributed by atoms with van der Waals surface area (Å²) in [6.45, 7) is 5.03. The van der Waals surface area contributed by atoms with Crippen molar-refractivity contribution >= 4 is 21.8 Å². The molecule has 0 spiro atoms. The first-order valence-corrected chi connectivity index (χ1v) is 11.0. The smallest absolute Gasteiger partial charge is 0.263 e. The predicted octanol–water partition coefficient (Wildman–Crippen LogP) is 1.92. The average molecular weight is 395 g/mol. The van der Waals surface area contributed by atoms with Crippen LogP contribution < -0.4 is 15.8 Å². The average Bonchev–Trinajstić information content (AvgIpc) is 2.93. The lowest BCUT2D eigenvalue weighted by atomic mass is 9.92. The Bertz CT molecular complexity index is 778. The van der Waals surface area contributed by atoms with E-state index in [4.69, 9.17) is 5.73 Å². The molecule has 150 valence electrons. The number of amides is 1. The van der Waals surface area contributed by atoms with Gasteiger partial charge in [0.1, 0.15) is 5.84 Å². The quantitative estimate of drug-likeness (QED) is 0.526. The summed E-state index contributed by atoms with van der Waals surface area (Å²) < 4.78 is 26.5. The van der Waals surface area contributed by atoms with E-state index in [1.165, 1.54) is 0 Å². The molecule has 0 aliphatic carbocycles. The van der Waals surface area contributed by atoms with E-state index in [1.54, 1.807) is 24.3 Å². The normalized spacial score (nSPS) is 16.8. The van der Waals surface area contributed by atoms with Gasteiger partial charge in [-0.3, -0.25) is 14.5 Å². The number of sulfonamides is 1. The fourth-order valence-electron chi connectivity index (χ4n) is 3.14. The third kappa shape index (κ3) is 5.29. The van der Waals surface area contributed by atoms with Crippen molar-refractivity contribution in [3.63, 3.8) is 0 Å². The molecule has 2 rings (SSSR count). The molecule has 27 heavy (non-hydrogen) atoms. The van der Waals surface area contributed by atoms with Gasteiger partial charge in [0.05, 0.1) is 10.4 Å². The molecule has 0 atom stereocenters. The second-order valence-corrected chi connectivity index (χ2v) is 8.53. The molecule has 1 heterocycles. The zero-order valence-corrected chi connectivity index (χ0v) is 16.9. The molecule has 0 fully saturated rings. The lowest BCUT2D eigenvalue weighted by Crippen LogP contribution is -2.52. The molecular formula is C19H30N4O3S. The summed E-state index contributed by atoms with van der Waals surface area (Å²) in [4.78, 5) is 16.8.